The number of fused-ring (bicyclic) bond motifs is 17. The highest BCUT2D eigenvalue weighted by Gasteiger charge is 2.24. The molecule has 0 bridgehead atoms. The van der Waals surface area contributed by atoms with Crippen molar-refractivity contribution in [2.45, 2.75) is 0 Å². The molecule has 0 atom stereocenters. The Bertz CT molecular complexity index is 8710. The lowest BCUT2D eigenvalue weighted by Crippen LogP contribution is -2.04. The maximum Gasteiger partial charge on any atom is 0.235 e. The largest absolute Gasteiger partial charge is 0.278 e. The van der Waals surface area contributed by atoms with E-state index in [2.05, 4.69) is 457 Å². The minimum absolute atomic E-state index is 0.659. The molecule has 0 N–H and O–H groups in total. The van der Waals surface area contributed by atoms with Crippen LogP contribution in [-0.2, 0) is 0 Å². The van der Waals surface area contributed by atoms with E-state index in [1.54, 1.807) is 0 Å². The van der Waals surface area contributed by atoms with Crippen molar-refractivity contribution in [3.8, 4) is 119 Å². The molecule has 9 nitrogen and oxygen atoms in total. The van der Waals surface area contributed by atoms with Crippen molar-refractivity contribution in [2.24, 2.45) is 0 Å². The van der Waals surface area contributed by atoms with Gasteiger partial charge in [0, 0.05) is 65.7 Å². The second-order valence-electron chi connectivity index (χ2n) is 33.2. The van der Waals surface area contributed by atoms with E-state index in [0.717, 1.165) is 101 Å². The van der Waals surface area contributed by atoms with Crippen LogP contribution >= 0.6 is 0 Å². The lowest BCUT2D eigenvalue weighted by atomic mass is 9.96. The van der Waals surface area contributed by atoms with Crippen LogP contribution in [0.4, 0.5) is 0 Å². The van der Waals surface area contributed by atoms with E-state index in [-0.39, 0.29) is 0 Å². The van der Waals surface area contributed by atoms with Gasteiger partial charge in [-0.3, -0.25) is 13.7 Å². The van der Waals surface area contributed by atoms with Crippen molar-refractivity contribution in [2.75, 3.05) is 0 Å². The summed E-state index contributed by atoms with van der Waals surface area (Å²) in [6.07, 6.45) is 0. The van der Waals surface area contributed by atoms with Crippen LogP contribution in [0.2, 0.25) is 0 Å². The van der Waals surface area contributed by atoms with E-state index >= 15 is 0 Å². The molecule has 0 saturated heterocycles. The second kappa shape index (κ2) is 33.0. The highest BCUT2D eigenvalue weighted by Crippen LogP contribution is 2.44. The van der Waals surface area contributed by atoms with Crippen molar-refractivity contribution >= 4 is 119 Å². The number of rotatable bonds is 12. The van der Waals surface area contributed by atoms with E-state index in [9.17, 15) is 0 Å². The fourth-order valence-electron chi connectivity index (χ4n) is 19.1. The molecule has 0 unspecified atom stereocenters. The first-order chi connectivity index (χ1) is 64.9. The summed E-state index contributed by atoms with van der Waals surface area (Å²) in [7, 11) is 0. The smallest absolute Gasteiger partial charge is 0.235 e. The Kier molecular flexibility index (Phi) is 19.4. The fraction of sp³-hybridized carbons (Fsp3) is 0. The molecule has 26 rings (SSSR count). The van der Waals surface area contributed by atoms with Gasteiger partial charge < -0.3 is 0 Å². The van der Waals surface area contributed by atoms with E-state index in [0.29, 0.717) is 17.8 Å². The third-order valence-electron chi connectivity index (χ3n) is 25.4. The highest BCUT2D eigenvalue weighted by atomic mass is 15.2. The van der Waals surface area contributed by atoms with Gasteiger partial charge in [0.2, 0.25) is 17.8 Å². The molecule has 6 aromatic heterocycles. The number of aromatic nitrogens is 9. The first-order valence-electron chi connectivity index (χ1n) is 44.4. The van der Waals surface area contributed by atoms with Crippen LogP contribution in [0.5, 0.6) is 0 Å². The SMILES string of the molecule is c1ccc(-c2cc(-c3ccccc3)nc(-n3c4ccccc4c4c5cc(-c6ccc7ccccc7c6)ccc5ccc43)n2)cc1.c1ccc(-c2cc(-c3ccccc3)nc(-n3c4ccccc4c4c5ccc(-c6ccc7ccccc7c6)cc5ccc43)n2)cc1.c1ccc(-c2ccc3c(ccc4c3c3ccccc3n4-c3nc(-c4ccccc4)cc(-c4ccccc4)n3)c2)cc1. The molecular weight excluding hydrogens is 1590 g/mol. The zero-order chi connectivity index (χ0) is 86.7. The molecule has 9 heteroatoms. The van der Waals surface area contributed by atoms with Crippen LogP contribution in [0.25, 0.3) is 238 Å². The van der Waals surface area contributed by atoms with Gasteiger partial charge >= 0.3 is 0 Å². The first kappa shape index (κ1) is 76.9. The molecule has 131 heavy (non-hydrogen) atoms. The van der Waals surface area contributed by atoms with E-state index in [1.807, 2.05) is 36.4 Å². The van der Waals surface area contributed by atoms with Crippen LogP contribution in [0, 0.1) is 0 Å². The van der Waals surface area contributed by atoms with Crippen LogP contribution < -0.4 is 0 Å². The predicted molar refractivity (Wildman–Crippen MR) is 546 cm³/mol. The third-order valence-corrected chi connectivity index (χ3v) is 25.4. The van der Waals surface area contributed by atoms with Crippen molar-refractivity contribution in [1.29, 1.82) is 0 Å². The van der Waals surface area contributed by atoms with Crippen LogP contribution in [0.1, 0.15) is 0 Å². The Morgan fingerprint density at radius 2 is 0.351 bits per heavy atom. The van der Waals surface area contributed by atoms with Crippen LogP contribution in [-0.4, -0.2) is 43.6 Å². The number of para-hydroxylation sites is 3. The molecule has 0 radical (unpaired) electrons. The third kappa shape index (κ3) is 14.3. The number of benzene rings is 20. The Balaban J connectivity index is 0.000000109. The van der Waals surface area contributed by atoms with Gasteiger partial charge in [0.15, 0.2) is 0 Å². The Morgan fingerprint density at radius 1 is 0.122 bits per heavy atom. The van der Waals surface area contributed by atoms with Crippen LogP contribution in [0.15, 0.2) is 479 Å². The van der Waals surface area contributed by atoms with Crippen molar-refractivity contribution in [1.82, 2.24) is 43.6 Å². The van der Waals surface area contributed by atoms with Gasteiger partial charge in [-0.25, -0.2) is 29.9 Å². The maximum atomic E-state index is 5.20. The van der Waals surface area contributed by atoms with E-state index < -0.39 is 0 Å². The van der Waals surface area contributed by atoms with Crippen molar-refractivity contribution in [3.63, 3.8) is 0 Å². The summed E-state index contributed by atoms with van der Waals surface area (Å²) in [4.78, 5) is 31.1. The quantitative estimate of drug-likeness (QED) is 0.121. The minimum Gasteiger partial charge on any atom is -0.278 e. The van der Waals surface area contributed by atoms with Gasteiger partial charge in [0.1, 0.15) is 0 Å². The fourth-order valence-corrected chi connectivity index (χ4v) is 19.1. The van der Waals surface area contributed by atoms with Gasteiger partial charge in [-0.1, -0.05) is 394 Å². The molecular formula is C122H79N9. The maximum absolute atomic E-state index is 5.20. The molecule has 0 aliphatic heterocycles. The molecule has 0 aliphatic rings. The van der Waals surface area contributed by atoms with Gasteiger partial charge in [-0.05, 0) is 172 Å². The second-order valence-corrected chi connectivity index (χ2v) is 33.2. The lowest BCUT2D eigenvalue weighted by molar-refractivity contribution is 0.995. The van der Waals surface area contributed by atoms with Gasteiger partial charge in [0.25, 0.3) is 0 Å². The van der Waals surface area contributed by atoms with Gasteiger partial charge in [0.05, 0.1) is 67.3 Å². The zero-order valence-electron chi connectivity index (χ0n) is 71.1. The molecule has 0 aliphatic carbocycles. The molecule has 0 amide bonds. The van der Waals surface area contributed by atoms with E-state index in [1.165, 1.54) is 120 Å². The molecule has 26 aromatic rings. The molecule has 612 valence electrons. The van der Waals surface area contributed by atoms with Crippen molar-refractivity contribution < 1.29 is 0 Å². The number of nitrogens with zero attached hydrogens (tertiary/aromatic N) is 9. The summed E-state index contributed by atoms with van der Waals surface area (Å²) >= 11 is 0. The summed E-state index contributed by atoms with van der Waals surface area (Å²) in [5.41, 5.74) is 25.5. The van der Waals surface area contributed by atoms with Crippen LogP contribution in [0.3, 0.4) is 0 Å². The number of hydrogen-bond acceptors (Lipinski definition) is 6. The summed E-state index contributed by atoms with van der Waals surface area (Å²) in [5, 5.41) is 19.5. The lowest BCUT2D eigenvalue weighted by Gasteiger charge is -2.12. The minimum atomic E-state index is 0.659. The zero-order valence-corrected chi connectivity index (χ0v) is 71.1. The Morgan fingerprint density at radius 3 is 0.679 bits per heavy atom. The Hall–Kier alpha value is -17.7. The van der Waals surface area contributed by atoms with E-state index in [4.69, 9.17) is 29.9 Å². The summed E-state index contributed by atoms with van der Waals surface area (Å²) in [5.74, 6) is 1.98. The first-order valence-corrected chi connectivity index (χ1v) is 44.4. The highest BCUT2D eigenvalue weighted by molar-refractivity contribution is 6.24. The molecule has 0 saturated carbocycles. The molecule has 20 aromatic carbocycles. The predicted octanol–water partition coefficient (Wildman–Crippen LogP) is 31.5. The average Bonchev–Trinajstić information content (AvgIpc) is 1.58. The van der Waals surface area contributed by atoms with Crippen molar-refractivity contribution in [3.05, 3.63) is 479 Å². The summed E-state index contributed by atoms with van der Waals surface area (Å²) < 4.78 is 6.67. The summed E-state index contributed by atoms with van der Waals surface area (Å²) in [6.45, 7) is 0. The molecule has 0 fully saturated rings. The standard InChI is InChI=1S/2C42H27N3.C38H25N3/c1-3-12-30(13-4-1)37-27-38(31-14-5-2-6-15-31)44-42(43-37)45-39-18-10-9-17-35(39)41-36-26-34(22-20-29(36)23-24-40(41)45)33-21-19-28-11-7-8-16-32(28)25-33;1-3-12-29(13-4-1)37-27-38(30-14-5-2-6-15-30)44-42(43-37)45-39-18-10-9-17-36(39)41-35-23-21-33(26-34(35)22-24-40(41)45)32-20-19-28-11-7-8-16-31(28)25-32;1-4-12-26(13-5-1)29-20-22-31-30(24-29)21-23-36-37(31)32-18-10-11-19-35(32)41(36)38-39-33(27-14-6-2-7-15-27)25-34(40-38)28-16-8-3-9-17-28/h2*1-27H;1-25H. The Labute approximate surface area is 755 Å². The molecule has 6 heterocycles. The van der Waals surface area contributed by atoms with Gasteiger partial charge in [-0.15, -0.1) is 0 Å². The summed E-state index contributed by atoms with van der Waals surface area (Å²) in [6, 6.07) is 169. The normalized spacial score (nSPS) is 11.5. The van der Waals surface area contributed by atoms with Gasteiger partial charge in [-0.2, -0.15) is 0 Å². The topological polar surface area (TPSA) is 92.1 Å². The monoisotopic (exact) mass is 1670 g/mol. The molecule has 0 spiro atoms. The number of hydrogen-bond donors (Lipinski definition) is 0. The average molecular weight is 1670 g/mol.